The van der Waals surface area contributed by atoms with E-state index in [0.717, 1.165) is 0 Å². The molecule has 0 aliphatic rings. The predicted octanol–water partition coefficient (Wildman–Crippen LogP) is -4.01. The molecule has 0 radical (unpaired) electrons. The second-order valence-corrected chi connectivity index (χ2v) is 8.02. The fourth-order valence-corrected chi connectivity index (χ4v) is 2.97. The van der Waals surface area contributed by atoms with Crippen molar-refractivity contribution in [1.29, 1.82) is 0 Å². The van der Waals surface area contributed by atoms with E-state index in [-0.39, 0.29) is 32.1 Å². The zero-order valence-corrected chi connectivity index (χ0v) is 19.7. The van der Waals surface area contributed by atoms with Crippen LogP contribution in [0.25, 0.3) is 0 Å². The molecule has 0 aromatic heterocycles. The van der Waals surface area contributed by atoms with Crippen molar-refractivity contribution in [2.45, 2.75) is 75.5 Å². The van der Waals surface area contributed by atoms with Crippen LogP contribution in [0.4, 0.5) is 0 Å². The maximum absolute atomic E-state index is 12.9. The SMILES string of the molecule is NCCCCC(NC(=O)C(N)CC(=O)O)C(=O)NC(CCC(N)=O)C(=O)NC(CCC(N)=O)C(=O)O. The van der Waals surface area contributed by atoms with Crippen LogP contribution in [0.15, 0.2) is 0 Å². The number of aliphatic carboxylic acids is 2. The van der Waals surface area contributed by atoms with Gasteiger partial charge in [0.15, 0.2) is 0 Å². The normalized spacial score (nSPS) is 13.9. The van der Waals surface area contributed by atoms with Gasteiger partial charge >= 0.3 is 11.9 Å². The van der Waals surface area contributed by atoms with Gasteiger partial charge in [-0.2, -0.15) is 0 Å². The van der Waals surface area contributed by atoms with Crippen LogP contribution >= 0.6 is 0 Å². The largest absolute Gasteiger partial charge is 0.481 e. The van der Waals surface area contributed by atoms with Gasteiger partial charge in [-0.25, -0.2) is 4.79 Å². The number of carboxylic acids is 2. The molecular weight excluding hydrogens is 482 g/mol. The molecule has 204 valence electrons. The van der Waals surface area contributed by atoms with Gasteiger partial charge in [0, 0.05) is 12.8 Å². The van der Waals surface area contributed by atoms with Crippen LogP contribution in [0.3, 0.4) is 0 Å². The Bertz CT molecular complexity index is 821. The second kappa shape index (κ2) is 16.8. The van der Waals surface area contributed by atoms with Crippen molar-refractivity contribution in [2.24, 2.45) is 22.9 Å². The van der Waals surface area contributed by atoms with Gasteiger partial charge in [-0.05, 0) is 38.6 Å². The van der Waals surface area contributed by atoms with Crippen LogP contribution in [0.5, 0.6) is 0 Å². The average Bonchev–Trinajstić information content (AvgIpc) is 2.77. The highest BCUT2D eigenvalue weighted by atomic mass is 16.4. The zero-order chi connectivity index (χ0) is 27.8. The highest BCUT2D eigenvalue weighted by Crippen LogP contribution is 2.06. The molecule has 0 bridgehead atoms. The van der Waals surface area contributed by atoms with Crippen LogP contribution in [-0.4, -0.2) is 82.4 Å². The van der Waals surface area contributed by atoms with Crippen molar-refractivity contribution < 1.29 is 43.8 Å². The summed E-state index contributed by atoms with van der Waals surface area (Å²) in [6.07, 6.45) is -1.03. The Morgan fingerprint density at radius 1 is 0.667 bits per heavy atom. The van der Waals surface area contributed by atoms with Gasteiger partial charge < -0.3 is 49.1 Å². The summed E-state index contributed by atoms with van der Waals surface area (Å²) in [5.74, 6) is -7.11. The van der Waals surface area contributed by atoms with E-state index in [4.69, 9.17) is 28.0 Å². The molecule has 4 atom stereocenters. The molecule has 0 heterocycles. The summed E-state index contributed by atoms with van der Waals surface area (Å²) >= 11 is 0. The van der Waals surface area contributed by atoms with E-state index in [9.17, 15) is 38.7 Å². The molecule has 13 N–H and O–H groups in total. The summed E-state index contributed by atoms with van der Waals surface area (Å²) in [5.41, 5.74) is 21.1. The minimum atomic E-state index is -1.51. The Morgan fingerprint density at radius 2 is 1.11 bits per heavy atom. The van der Waals surface area contributed by atoms with Gasteiger partial charge in [-0.1, -0.05) is 0 Å². The van der Waals surface area contributed by atoms with Crippen LogP contribution in [0.1, 0.15) is 51.4 Å². The molecule has 36 heavy (non-hydrogen) atoms. The number of unbranched alkanes of at least 4 members (excludes halogenated alkanes) is 1. The lowest BCUT2D eigenvalue weighted by Crippen LogP contribution is -2.57. The minimum absolute atomic E-state index is 0.0646. The first-order chi connectivity index (χ1) is 16.8. The lowest BCUT2D eigenvalue weighted by atomic mass is 10.0. The third-order valence-corrected chi connectivity index (χ3v) is 4.92. The third kappa shape index (κ3) is 13.8. The number of primary amides is 2. The highest BCUT2D eigenvalue weighted by Gasteiger charge is 2.30. The quantitative estimate of drug-likeness (QED) is 0.0743. The summed E-state index contributed by atoms with van der Waals surface area (Å²) in [5, 5.41) is 25.0. The molecule has 0 aliphatic carbocycles. The van der Waals surface area contributed by atoms with Crippen LogP contribution < -0.4 is 38.9 Å². The van der Waals surface area contributed by atoms with Crippen LogP contribution in [0, 0.1) is 0 Å². The molecule has 0 aromatic carbocycles. The number of nitrogens with one attached hydrogen (secondary N) is 3. The van der Waals surface area contributed by atoms with E-state index in [1.54, 1.807) is 0 Å². The molecule has 4 unspecified atom stereocenters. The Hall–Kier alpha value is -3.79. The number of hydrogen-bond acceptors (Lipinski definition) is 9. The number of carbonyl (C=O) groups excluding carboxylic acids is 5. The van der Waals surface area contributed by atoms with Crippen LogP contribution in [0.2, 0.25) is 0 Å². The van der Waals surface area contributed by atoms with Crippen molar-refractivity contribution in [3.63, 3.8) is 0 Å². The van der Waals surface area contributed by atoms with Crippen LogP contribution in [-0.2, 0) is 33.6 Å². The number of carboxylic acid groups (broad SMARTS) is 2. The van der Waals surface area contributed by atoms with E-state index < -0.39 is 72.1 Å². The molecular formula is C20H35N7O9. The lowest BCUT2D eigenvalue weighted by molar-refractivity contribution is -0.142. The Balaban J connectivity index is 5.60. The Labute approximate surface area is 206 Å². The monoisotopic (exact) mass is 517 g/mol. The van der Waals surface area contributed by atoms with Crippen molar-refractivity contribution >= 4 is 41.5 Å². The number of nitrogens with two attached hydrogens (primary N) is 4. The number of rotatable bonds is 19. The Morgan fingerprint density at radius 3 is 1.56 bits per heavy atom. The Kier molecular flexibility index (Phi) is 15.0. The standard InChI is InChI=1S/C20H35N7O9/c21-8-2-1-3-11(25-17(32)10(22)9-16(30)31)18(33)26-12(4-6-14(23)28)19(34)27-13(20(35)36)5-7-15(24)29/h10-13H,1-9,21-22H2,(H2,23,28)(H2,24,29)(H,25,32)(H,26,33)(H,27,34)(H,30,31)(H,35,36). The molecule has 0 spiro atoms. The molecule has 16 heteroatoms. The lowest BCUT2D eigenvalue weighted by Gasteiger charge is -2.25. The molecule has 0 rings (SSSR count). The van der Waals surface area contributed by atoms with E-state index in [2.05, 4.69) is 16.0 Å². The molecule has 5 amide bonds. The molecule has 0 saturated heterocycles. The fraction of sp³-hybridized carbons (Fsp3) is 0.650. The maximum Gasteiger partial charge on any atom is 0.326 e. The maximum atomic E-state index is 12.9. The summed E-state index contributed by atoms with van der Waals surface area (Å²) in [4.78, 5) is 82.4. The predicted molar refractivity (Wildman–Crippen MR) is 123 cm³/mol. The summed E-state index contributed by atoms with van der Waals surface area (Å²) in [7, 11) is 0. The minimum Gasteiger partial charge on any atom is -0.481 e. The summed E-state index contributed by atoms with van der Waals surface area (Å²) < 4.78 is 0. The molecule has 0 aliphatic heterocycles. The van der Waals surface area contributed by atoms with E-state index >= 15 is 0 Å². The second-order valence-electron chi connectivity index (χ2n) is 8.02. The van der Waals surface area contributed by atoms with Crippen molar-refractivity contribution in [2.75, 3.05) is 6.54 Å². The zero-order valence-electron chi connectivity index (χ0n) is 19.7. The van der Waals surface area contributed by atoms with Crippen molar-refractivity contribution in [1.82, 2.24) is 16.0 Å². The smallest absolute Gasteiger partial charge is 0.326 e. The van der Waals surface area contributed by atoms with Gasteiger partial charge in [0.2, 0.25) is 29.5 Å². The molecule has 0 saturated carbocycles. The summed E-state index contributed by atoms with van der Waals surface area (Å²) in [6.45, 7) is 0.298. The number of carbonyl (C=O) groups is 7. The van der Waals surface area contributed by atoms with Gasteiger partial charge in [-0.3, -0.25) is 28.8 Å². The topological polar surface area (TPSA) is 300 Å². The van der Waals surface area contributed by atoms with Gasteiger partial charge in [0.1, 0.15) is 18.1 Å². The molecule has 16 nitrogen and oxygen atoms in total. The van der Waals surface area contributed by atoms with Crippen molar-refractivity contribution in [3.05, 3.63) is 0 Å². The molecule has 0 fully saturated rings. The first-order valence-electron chi connectivity index (χ1n) is 11.2. The first kappa shape index (κ1) is 32.2. The fourth-order valence-electron chi connectivity index (χ4n) is 2.97. The van der Waals surface area contributed by atoms with E-state index in [0.29, 0.717) is 19.4 Å². The molecule has 0 aromatic rings. The average molecular weight is 518 g/mol. The van der Waals surface area contributed by atoms with Gasteiger partial charge in [0.25, 0.3) is 0 Å². The van der Waals surface area contributed by atoms with Gasteiger partial charge in [0.05, 0.1) is 12.5 Å². The van der Waals surface area contributed by atoms with E-state index in [1.807, 2.05) is 0 Å². The van der Waals surface area contributed by atoms with Crippen molar-refractivity contribution in [3.8, 4) is 0 Å². The first-order valence-corrected chi connectivity index (χ1v) is 11.2. The highest BCUT2D eigenvalue weighted by molar-refractivity contribution is 5.95. The van der Waals surface area contributed by atoms with Gasteiger partial charge in [-0.15, -0.1) is 0 Å². The number of amides is 5. The number of hydrogen-bond donors (Lipinski definition) is 9. The third-order valence-electron chi connectivity index (χ3n) is 4.92. The summed E-state index contributed by atoms with van der Waals surface area (Å²) in [6, 6.07) is -5.62. The van der Waals surface area contributed by atoms with E-state index in [1.165, 1.54) is 0 Å².